The molecule has 3 rings (SSSR count). The van der Waals surface area contributed by atoms with Gasteiger partial charge in [0.05, 0.1) is 23.4 Å². The van der Waals surface area contributed by atoms with Crippen LogP contribution in [-0.4, -0.2) is 23.0 Å². The summed E-state index contributed by atoms with van der Waals surface area (Å²) in [5.41, 5.74) is 1.00. The van der Waals surface area contributed by atoms with Crippen molar-refractivity contribution < 1.29 is 13.9 Å². The number of nitrogens with zero attached hydrogens (tertiary/aromatic N) is 2. The second kappa shape index (κ2) is 7.79. The molecule has 0 aliphatic rings. The van der Waals surface area contributed by atoms with Gasteiger partial charge in [-0.3, -0.25) is 4.79 Å². The topological polar surface area (TPSA) is 76.1 Å². The molecule has 0 saturated carbocycles. The lowest BCUT2D eigenvalue weighted by Gasteiger charge is -2.09. The quantitative estimate of drug-likeness (QED) is 0.699. The Balaban J connectivity index is 1.69. The van der Waals surface area contributed by atoms with Crippen LogP contribution in [0, 0.1) is 5.82 Å². The third kappa shape index (κ3) is 4.07. The molecule has 26 heavy (non-hydrogen) atoms. The third-order valence-electron chi connectivity index (χ3n) is 3.44. The largest absolute Gasteiger partial charge is 0.495 e. The molecule has 3 aromatic rings. The average Bonchev–Trinajstić information content (AvgIpc) is 2.64. The van der Waals surface area contributed by atoms with Crippen LogP contribution in [0.15, 0.2) is 54.9 Å². The molecule has 0 saturated heterocycles. The van der Waals surface area contributed by atoms with Crippen LogP contribution in [-0.2, 0) is 0 Å². The molecule has 1 aromatic heterocycles. The highest BCUT2D eigenvalue weighted by atomic mass is 35.5. The van der Waals surface area contributed by atoms with Crippen molar-refractivity contribution >= 4 is 34.8 Å². The van der Waals surface area contributed by atoms with E-state index >= 15 is 0 Å². The molecule has 0 fully saturated rings. The molecule has 0 aliphatic heterocycles. The highest BCUT2D eigenvalue weighted by Crippen LogP contribution is 2.27. The van der Waals surface area contributed by atoms with Crippen LogP contribution >= 0.6 is 11.6 Å². The van der Waals surface area contributed by atoms with E-state index in [1.807, 2.05) is 0 Å². The van der Waals surface area contributed by atoms with Crippen molar-refractivity contribution in [2.45, 2.75) is 0 Å². The minimum Gasteiger partial charge on any atom is -0.495 e. The number of anilines is 3. The molecule has 0 atom stereocenters. The fraction of sp³-hybridized carbons (Fsp3) is 0.0556. The predicted octanol–water partition coefficient (Wildman–Crippen LogP) is 4.27. The first-order valence-corrected chi connectivity index (χ1v) is 7.93. The highest BCUT2D eigenvalue weighted by molar-refractivity contribution is 6.32. The Kier molecular flexibility index (Phi) is 5.28. The van der Waals surface area contributed by atoms with E-state index in [1.165, 1.54) is 25.6 Å². The summed E-state index contributed by atoms with van der Waals surface area (Å²) in [5, 5.41) is 5.82. The number of para-hydroxylation sites is 1. The lowest BCUT2D eigenvalue weighted by atomic mass is 10.2. The summed E-state index contributed by atoms with van der Waals surface area (Å²) >= 11 is 6.03. The molecule has 0 unspecified atom stereocenters. The van der Waals surface area contributed by atoms with Gasteiger partial charge in [0.1, 0.15) is 11.6 Å². The second-order valence-electron chi connectivity index (χ2n) is 5.20. The Morgan fingerprint density at radius 1 is 1.15 bits per heavy atom. The fourth-order valence-corrected chi connectivity index (χ4v) is 2.40. The zero-order chi connectivity index (χ0) is 18.5. The molecular formula is C18H14ClFN4O2. The van der Waals surface area contributed by atoms with E-state index in [2.05, 4.69) is 20.6 Å². The van der Waals surface area contributed by atoms with E-state index in [1.54, 1.807) is 36.4 Å². The number of aromatic nitrogens is 2. The van der Waals surface area contributed by atoms with Crippen LogP contribution in [0.1, 0.15) is 10.4 Å². The number of ether oxygens (including phenoxy) is 1. The maximum atomic E-state index is 13.6. The second-order valence-corrected chi connectivity index (χ2v) is 5.61. The van der Waals surface area contributed by atoms with E-state index in [-0.39, 0.29) is 17.2 Å². The van der Waals surface area contributed by atoms with Gasteiger partial charge in [0.2, 0.25) is 5.95 Å². The van der Waals surface area contributed by atoms with Crippen molar-refractivity contribution in [3.63, 3.8) is 0 Å². The summed E-state index contributed by atoms with van der Waals surface area (Å²) in [6, 6.07) is 11.0. The first-order chi connectivity index (χ1) is 12.6. The van der Waals surface area contributed by atoms with E-state index in [4.69, 9.17) is 16.3 Å². The Morgan fingerprint density at radius 2 is 1.88 bits per heavy atom. The molecule has 2 aromatic carbocycles. The van der Waals surface area contributed by atoms with Crippen LogP contribution < -0.4 is 15.4 Å². The van der Waals surface area contributed by atoms with Crippen molar-refractivity contribution in [2.75, 3.05) is 17.7 Å². The number of benzene rings is 2. The SMILES string of the molecule is COc1ccc(NC(=O)c2cnc(Nc3ccccc3F)nc2)cc1Cl. The van der Waals surface area contributed by atoms with Crippen LogP contribution in [0.3, 0.4) is 0 Å². The van der Waals surface area contributed by atoms with E-state index in [0.717, 1.165) is 0 Å². The summed E-state index contributed by atoms with van der Waals surface area (Å²) < 4.78 is 18.7. The van der Waals surface area contributed by atoms with Gasteiger partial charge in [0.15, 0.2) is 0 Å². The minimum atomic E-state index is -0.422. The number of hydrogen-bond acceptors (Lipinski definition) is 5. The number of halogens is 2. The third-order valence-corrected chi connectivity index (χ3v) is 3.74. The highest BCUT2D eigenvalue weighted by Gasteiger charge is 2.10. The van der Waals surface area contributed by atoms with Crippen LogP contribution in [0.5, 0.6) is 5.75 Å². The molecule has 0 bridgehead atoms. The van der Waals surface area contributed by atoms with E-state index < -0.39 is 11.7 Å². The molecule has 0 spiro atoms. The molecule has 8 heteroatoms. The lowest BCUT2D eigenvalue weighted by molar-refractivity contribution is 0.102. The molecular weight excluding hydrogens is 359 g/mol. The lowest BCUT2D eigenvalue weighted by Crippen LogP contribution is -2.13. The average molecular weight is 373 g/mol. The maximum absolute atomic E-state index is 13.6. The summed E-state index contributed by atoms with van der Waals surface area (Å²) in [5.74, 6) is -0.131. The smallest absolute Gasteiger partial charge is 0.258 e. The van der Waals surface area contributed by atoms with Gasteiger partial charge in [-0.25, -0.2) is 14.4 Å². The zero-order valence-electron chi connectivity index (χ0n) is 13.7. The molecule has 1 heterocycles. The van der Waals surface area contributed by atoms with Crippen molar-refractivity contribution in [1.82, 2.24) is 9.97 Å². The van der Waals surface area contributed by atoms with Crippen molar-refractivity contribution in [1.29, 1.82) is 0 Å². The normalized spacial score (nSPS) is 10.3. The van der Waals surface area contributed by atoms with Crippen molar-refractivity contribution in [2.24, 2.45) is 0 Å². The summed E-state index contributed by atoms with van der Waals surface area (Å²) in [6.07, 6.45) is 2.69. The van der Waals surface area contributed by atoms with Crippen LogP contribution in [0.25, 0.3) is 0 Å². The molecule has 0 aliphatic carbocycles. The van der Waals surface area contributed by atoms with Crippen molar-refractivity contribution in [3.05, 3.63) is 71.3 Å². The number of carbonyl (C=O) groups is 1. The molecule has 1 amide bonds. The Hall–Kier alpha value is -3.19. The monoisotopic (exact) mass is 372 g/mol. The van der Waals surface area contributed by atoms with Gasteiger partial charge in [0.25, 0.3) is 5.91 Å². The van der Waals surface area contributed by atoms with Crippen LogP contribution in [0.4, 0.5) is 21.7 Å². The zero-order valence-corrected chi connectivity index (χ0v) is 14.4. The molecule has 6 nitrogen and oxygen atoms in total. The Labute approximate surface area is 154 Å². The van der Waals surface area contributed by atoms with Crippen molar-refractivity contribution in [3.8, 4) is 5.75 Å². The van der Waals surface area contributed by atoms with E-state index in [9.17, 15) is 9.18 Å². The summed E-state index contributed by atoms with van der Waals surface area (Å²) in [4.78, 5) is 20.3. The predicted molar refractivity (Wildman–Crippen MR) is 97.7 cm³/mol. The molecule has 132 valence electrons. The summed E-state index contributed by atoms with van der Waals surface area (Å²) in [6.45, 7) is 0. The number of methoxy groups -OCH3 is 1. The minimum absolute atomic E-state index is 0.180. The standard InChI is InChI=1S/C18H14ClFN4O2/c1-26-16-7-6-12(8-13(16)19)23-17(25)11-9-21-18(22-10-11)24-15-5-3-2-4-14(15)20/h2-10H,1H3,(H,23,25)(H,21,22,24). The van der Waals surface area contributed by atoms with Gasteiger partial charge in [-0.2, -0.15) is 0 Å². The summed E-state index contributed by atoms with van der Waals surface area (Å²) in [7, 11) is 1.51. The number of nitrogens with one attached hydrogen (secondary N) is 2. The fourth-order valence-electron chi connectivity index (χ4n) is 2.14. The molecule has 0 radical (unpaired) electrons. The first kappa shape index (κ1) is 17.6. The number of hydrogen-bond donors (Lipinski definition) is 2. The van der Waals surface area contributed by atoms with Gasteiger partial charge >= 0.3 is 0 Å². The van der Waals surface area contributed by atoms with Crippen LogP contribution in [0.2, 0.25) is 5.02 Å². The van der Waals surface area contributed by atoms with Gasteiger partial charge in [-0.15, -0.1) is 0 Å². The maximum Gasteiger partial charge on any atom is 0.258 e. The molecule has 2 N–H and O–H groups in total. The number of carbonyl (C=O) groups excluding carboxylic acids is 1. The number of rotatable bonds is 5. The van der Waals surface area contributed by atoms with E-state index in [0.29, 0.717) is 16.5 Å². The van der Waals surface area contributed by atoms with Gasteiger partial charge in [-0.1, -0.05) is 23.7 Å². The van der Waals surface area contributed by atoms with Gasteiger partial charge < -0.3 is 15.4 Å². The first-order valence-electron chi connectivity index (χ1n) is 7.55. The van der Waals surface area contributed by atoms with Gasteiger partial charge in [-0.05, 0) is 30.3 Å². The number of amides is 1. The Morgan fingerprint density at radius 3 is 2.54 bits per heavy atom. The Bertz CT molecular complexity index is 935. The van der Waals surface area contributed by atoms with Gasteiger partial charge in [0, 0.05) is 18.1 Å².